The lowest BCUT2D eigenvalue weighted by Crippen LogP contribution is -2.22. The summed E-state index contributed by atoms with van der Waals surface area (Å²) in [6.07, 6.45) is 1.74. The molecule has 0 aliphatic heterocycles. The van der Waals surface area contributed by atoms with Crippen molar-refractivity contribution in [3.8, 4) is 0 Å². The van der Waals surface area contributed by atoms with E-state index in [0.717, 1.165) is 11.6 Å². The monoisotopic (exact) mass is 256 g/mol. The largest absolute Gasteiger partial charge is 0.358 e. The Morgan fingerprint density at radius 3 is 2.65 bits per heavy atom. The summed E-state index contributed by atoms with van der Waals surface area (Å²) < 4.78 is 7.03. The van der Waals surface area contributed by atoms with Gasteiger partial charge < -0.3 is 14.9 Å². The van der Waals surface area contributed by atoms with E-state index in [1.165, 1.54) is 0 Å². The molecule has 0 saturated heterocycles. The van der Waals surface area contributed by atoms with Gasteiger partial charge in [-0.25, -0.2) is 4.57 Å². The average molecular weight is 256 g/mol. The van der Waals surface area contributed by atoms with Crippen LogP contribution in [0.4, 0.5) is 5.82 Å². The molecule has 0 fully saturated rings. The summed E-state index contributed by atoms with van der Waals surface area (Å²) >= 11 is 0. The fraction of sp³-hybridized carbons (Fsp3) is 0.636. The number of hydrogen-bond acceptors (Lipinski definition) is 3. The van der Waals surface area contributed by atoms with Crippen LogP contribution in [0.25, 0.3) is 0 Å². The van der Waals surface area contributed by atoms with E-state index in [-0.39, 0.29) is 17.5 Å². The number of hydrogen-bond donors (Lipinski definition) is 0. The van der Waals surface area contributed by atoms with Gasteiger partial charge in [0.2, 0.25) is 0 Å². The van der Waals surface area contributed by atoms with Crippen LogP contribution in [0, 0.1) is 17.0 Å². The van der Waals surface area contributed by atoms with Crippen molar-refractivity contribution in [2.24, 2.45) is 0 Å². The molecule has 0 amide bonds. The third-order valence-corrected chi connectivity index (χ3v) is 4.13. The Bertz CT molecular complexity index is 396. The van der Waals surface area contributed by atoms with E-state index < -0.39 is 8.07 Å². The molecule has 1 aromatic rings. The van der Waals surface area contributed by atoms with Gasteiger partial charge in [0.25, 0.3) is 0 Å². The standard InChI is InChI=1S/C11H20N2O3Si/c1-10-7-11(13(14)15)12(8-10)9-16-5-6-17(2,3)4/h7-8H,5-6,9H2,1-4H3. The lowest BCUT2D eigenvalue weighted by molar-refractivity contribution is -0.393. The molecular weight excluding hydrogens is 236 g/mol. The van der Waals surface area contributed by atoms with Crippen LogP contribution in [0.5, 0.6) is 0 Å². The van der Waals surface area contributed by atoms with Crippen LogP contribution in [0.1, 0.15) is 5.56 Å². The molecule has 0 radical (unpaired) electrons. The van der Waals surface area contributed by atoms with Crippen molar-refractivity contribution in [1.29, 1.82) is 0 Å². The van der Waals surface area contributed by atoms with Gasteiger partial charge in [0.05, 0.1) is 6.20 Å². The van der Waals surface area contributed by atoms with Gasteiger partial charge in [0.15, 0.2) is 6.73 Å². The Morgan fingerprint density at radius 2 is 2.12 bits per heavy atom. The second-order valence-corrected chi connectivity index (χ2v) is 11.1. The lowest BCUT2D eigenvalue weighted by atomic mass is 10.4. The molecule has 0 N–H and O–H groups in total. The first kappa shape index (κ1) is 13.9. The molecule has 0 aromatic carbocycles. The van der Waals surface area contributed by atoms with Crippen LogP contribution in [0.15, 0.2) is 12.3 Å². The van der Waals surface area contributed by atoms with Gasteiger partial charge >= 0.3 is 5.82 Å². The Labute approximate surface area is 103 Å². The Kier molecular flexibility index (Phi) is 4.47. The van der Waals surface area contributed by atoms with E-state index in [1.54, 1.807) is 16.8 Å². The third-order valence-electron chi connectivity index (χ3n) is 2.42. The molecule has 1 heterocycles. The SMILES string of the molecule is Cc1cc([N+](=O)[O-])n(COCC[Si](C)(C)C)c1. The molecule has 0 unspecified atom stereocenters. The van der Waals surface area contributed by atoms with E-state index in [2.05, 4.69) is 19.6 Å². The normalized spacial score (nSPS) is 11.8. The molecule has 0 spiro atoms. The van der Waals surface area contributed by atoms with Crippen LogP contribution in [-0.4, -0.2) is 24.2 Å². The minimum absolute atomic E-state index is 0.0931. The number of ether oxygens (including phenoxy) is 1. The van der Waals surface area contributed by atoms with Crippen molar-refractivity contribution in [2.75, 3.05) is 6.61 Å². The van der Waals surface area contributed by atoms with E-state index in [0.29, 0.717) is 6.61 Å². The number of aryl methyl sites for hydroxylation is 1. The molecule has 0 bridgehead atoms. The topological polar surface area (TPSA) is 57.3 Å². The minimum Gasteiger partial charge on any atom is -0.358 e. The second kappa shape index (κ2) is 5.46. The summed E-state index contributed by atoms with van der Waals surface area (Å²) in [5.74, 6) is 0.0931. The van der Waals surface area contributed by atoms with Crippen LogP contribution in [0.2, 0.25) is 25.7 Å². The molecule has 0 saturated carbocycles. The van der Waals surface area contributed by atoms with Gasteiger partial charge in [0.1, 0.15) is 0 Å². The first-order chi connectivity index (χ1) is 7.79. The van der Waals surface area contributed by atoms with E-state index in [4.69, 9.17) is 4.74 Å². The Morgan fingerprint density at radius 1 is 1.47 bits per heavy atom. The highest BCUT2D eigenvalue weighted by Gasteiger charge is 2.15. The molecule has 0 aliphatic carbocycles. The summed E-state index contributed by atoms with van der Waals surface area (Å²) in [7, 11) is -1.09. The van der Waals surface area contributed by atoms with Crippen LogP contribution >= 0.6 is 0 Å². The van der Waals surface area contributed by atoms with E-state index in [9.17, 15) is 10.1 Å². The maximum Gasteiger partial charge on any atom is 0.325 e. The van der Waals surface area contributed by atoms with Gasteiger partial charge in [-0.1, -0.05) is 19.6 Å². The number of nitrogens with zero attached hydrogens (tertiary/aromatic N) is 2. The van der Waals surface area contributed by atoms with E-state index >= 15 is 0 Å². The summed E-state index contributed by atoms with van der Waals surface area (Å²) in [6, 6.07) is 2.63. The Hall–Kier alpha value is -1.14. The highest BCUT2D eigenvalue weighted by Crippen LogP contribution is 2.16. The van der Waals surface area contributed by atoms with Gasteiger partial charge in [-0.2, -0.15) is 0 Å². The van der Waals surface area contributed by atoms with Crippen LogP contribution in [0.3, 0.4) is 0 Å². The quantitative estimate of drug-likeness (QED) is 0.340. The summed E-state index contributed by atoms with van der Waals surface area (Å²) in [4.78, 5) is 10.4. The highest BCUT2D eigenvalue weighted by molar-refractivity contribution is 6.76. The average Bonchev–Trinajstić information content (AvgIpc) is 2.53. The van der Waals surface area contributed by atoms with Crippen molar-refractivity contribution in [3.05, 3.63) is 27.9 Å². The van der Waals surface area contributed by atoms with Crippen LogP contribution < -0.4 is 0 Å². The summed E-state index contributed by atoms with van der Waals surface area (Å²) in [5, 5.41) is 10.8. The molecule has 17 heavy (non-hydrogen) atoms. The zero-order chi connectivity index (χ0) is 13.1. The first-order valence-electron chi connectivity index (χ1n) is 5.68. The fourth-order valence-corrected chi connectivity index (χ4v) is 2.19. The molecule has 0 atom stereocenters. The second-order valence-electron chi connectivity index (χ2n) is 5.45. The smallest absolute Gasteiger partial charge is 0.325 e. The summed E-state index contributed by atoms with van der Waals surface area (Å²) in [5.41, 5.74) is 0.880. The minimum atomic E-state index is -1.09. The molecule has 0 aliphatic rings. The zero-order valence-electron chi connectivity index (χ0n) is 10.9. The highest BCUT2D eigenvalue weighted by atomic mass is 28.3. The maximum absolute atomic E-state index is 10.8. The van der Waals surface area contributed by atoms with Crippen molar-refractivity contribution < 1.29 is 9.66 Å². The Balaban J connectivity index is 2.49. The third kappa shape index (κ3) is 4.70. The fourth-order valence-electron chi connectivity index (χ4n) is 1.44. The predicted octanol–water partition coefficient (Wildman–Crippen LogP) is 3.02. The summed E-state index contributed by atoms with van der Waals surface area (Å²) in [6.45, 7) is 9.60. The number of rotatable bonds is 6. The predicted molar refractivity (Wildman–Crippen MR) is 69.9 cm³/mol. The number of aromatic nitrogens is 1. The molecule has 1 rings (SSSR count). The van der Waals surface area contributed by atoms with Crippen molar-refractivity contribution in [2.45, 2.75) is 39.3 Å². The van der Waals surface area contributed by atoms with Crippen molar-refractivity contribution in [3.63, 3.8) is 0 Å². The van der Waals surface area contributed by atoms with Crippen LogP contribution in [-0.2, 0) is 11.5 Å². The molecule has 1 aromatic heterocycles. The van der Waals surface area contributed by atoms with Gasteiger partial charge in [-0.3, -0.25) is 0 Å². The van der Waals surface area contributed by atoms with Gasteiger partial charge in [-0.05, 0) is 23.5 Å². The number of nitro groups is 1. The van der Waals surface area contributed by atoms with Gasteiger partial charge in [0, 0.05) is 20.7 Å². The zero-order valence-corrected chi connectivity index (χ0v) is 11.9. The van der Waals surface area contributed by atoms with Gasteiger partial charge in [-0.15, -0.1) is 0 Å². The molecule has 6 heteroatoms. The maximum atomic E-state index is 10.8. The molecule has 5 nitrogen and oxygen atoms in total. The molecular formula is C11H20N2O3Si. The van der Waals surface area contributed by atoms with Crippen molar-refractivity contribution >= 4 is 13.9 Å². The first-order valence-corrected chi connectivity index (χ1v) is 9.39. The molecule has 96 valence electrons. The van der Waals surface area contributed by atoms with Crippen molar-refractivity contribution in [1.82, 2.24) is 4.57 Å². The van der Waals surface area contributed by atoms with E-state index in [1.807, 2.05) is 6.92 Å². The lowest BCUT2D eigenvalue weighted by Gasteiger charge is -2.14.